The minimum absolute atomic E-state index is 0.375. The molecule has 1 atom stereocenters. The van der Waals surface area contributed by atoms with Crippen molar-refractivity contribution in [2.75, 3.05) is 23.3 Å². The molecule has 0 spiro atoms. The number of hydrogen-bond acceptors (Lipinski definition) is 5. The smallest absolute Gasteiger partial charge is 0.417 e. The second-order valence-corrected chi connectivity index (χ2v) is 7.60. The average molecular weight is 435 g/mol. The highest BCUT2D eigenvalue weighted by Gasteiger charge is 2.32. The molecular weight excluding hydrogens is 411 g/mol. The molecule has 1 fully saturated rings. The van der Waals surface area contributed by atoms with Crippen LogP contribution in [0.5, 0.6) is 0 Å². The van der Waals surface area contributed by atoms with Gasteiger partial charge in [-0.3, -0.25) is 9.59 Å². The molecule has 1 aliphatic heterocycles. The van der Waals surface area contributed by atoms with Crippen molar-refractivity contribution in [2.24, 2.45) is 5.92 Å². The van der Waals surface area contributed by atoms with E-state index in [-0.39, 0.29) is 5.92 Å². The molecule has 166 valence electrons. The Bertz CT molecular complexity index is 906. The molecule has 1 aliphatic rings. The second kappa shape index (κ2) is 9.36. The summed E-state index contributed by atoms with van der Waals surface area (Å²) in [6.45, 7) is 4.38. The zero-order chi connectivity index (χ0) is 22.6. The predicted octanol–water partition coefficient (Wildman–Crippen LogP) is 4.20. The van der Waals surface area contributed by atoms with Gasteiger partial charge in [0.1, 0.15) is 5.82 Å². The Morgan fingerprint density at radius 2 is 1.77 bits per heavy atom. The fraction of sp³-hybridized carbons (Fsp3) is 0.409. The highest BCUT2D eigenvalue weighted by atomic mass is 19.4. The molecule has 2 heterocycles. The van der Waals surface area contributed by atoms with Crippen molar-refractivity contribution < 1.29 is 27.5 Å². The summed E-state index contributed by atoms with van der Waals surface area (Å²) >= 11 is 0. The van der Waals surface area contributed by atoms with Crippen molar-refractivity contribution in [3.05, 3.63) is 53.7 Å². The van der Waals surface area contributed by atoms with Crippen LogP contribution < -0.4 is 10.2 Å². The maximum absolute atomic E-state index is 12.7. The van der Waals surface area contributed by atoms with Crippen LogP contribution >= 0.6 is 0 Å². The number of anilines is 2. The molecule has 1 aromatic heterocycles. The van der Waals surface area contributed by atoms with Crippen molar-refractivity contribution in [1.82, 2.24) is 4.98 Å². The summed E-state index contributed by atoms with van der Waals surface area (Å²) in [4.78, 5) is 30.4. The first-order valence-electron chi connectivity index (χ1n) is 9.99. The minimum Gasteiger partial charge on any atom is -0.452 e. The number of esters is 1. The summed E-state index contributed by atoms with van der Waals surface area (Å²) < 4.78 is 43.3. The van der Waals surface area contributed by atoms with Gasteiger partial charge in [0, 0.05) is 25.0 Å². The number of benzene rings is 1. The van der Waals surface area contributed by atoms with Gasteiger partial charge in [0.05, 0.1) is 11.5 Å². The van der Waals surface area contributed by atoms with Crippen LogP contribution in [0.4, 0.5) is 24.7 Å². The monoisotopic (exact) mass is 435 g/mol. The Balaban J connectivity index is 1.48. The molecular formula is C22H24F3N3O3. The van der Waals surface area contributed by atoms with Gasteiger partial charge in [-0.05, 0) is 51.0 Å². The number of pyridine rings is 1. The largest absolute Gasteiger partial charge is 0.452 e. The number of nitrogens with one attached hydrogen (secondary N) is 1. The lowest BCUT2D eigenvalue weighted by Crippen LogP contribution is -2.39. The Labute approximate surface area is 178 Å². The molecule has 6 nitrogen and oxygen atoms in total. The lowest BCUT2D eigenvalue weighted by Gasteiger charge is -2.32. The summed E-state index contributed by atoms with van der Waals surface area (Å²) in [7, 11) is 0. The number of ether oxygens (including phenoxy) is 1. The number of aromatic nitrogens is 1. The normalized spacial score (nSPS) is 16.0. The summed E-state index contributed by atoms with van der Waals surface area (Å²) in [5.74, 6) is -0.804. The van der Waals surface area contributed by atoms with Gasteiger partial charge in [-0.2, -0.15) is 13.2 Å². The van der Waals surface area contributed by atoms with Crippen LogP contribution in [0.2, 0.25) is 0 Å². The first kappa shape index (κ1) is 22.6. The summed E-state index contributed by atoms with van der Waals surface area (Å²) in [5.41, 5.74) is 0.888. The van der Waals surface area contributed by atoms with Crippen LogP contribution in [0.15, 0.2) is 42.6 Å². The van der Waals surface area contributed by atoms with E-state index in [1.165, 1.54) is 13.0 Å². The van der Waals surface area contributed by atoms with Gasteiger partial charge < -0.3 is 15.0 Å². The number of alkyl halides is 3. The molecule has 0 saturated carbocycles. The van der Waals surface area contributed by atoms with E-state index in [1.807, 2.05) is 24.0 Å². The van der Waals surface area contributed by atoms with Gasteiger partial charge in [-0.25, -0.2) is 4.98 Å². The zero-order valence-corrected chi connectivity index (χ0v) is 17.3. The number of halogens is 3. The Hall–Kier alpha value is -3.10. The van der Waals surface area contributed by atoms with Gasteiger partial charge in [-0.15, -0.1) is 0 Å². The summed E-state index contributed by atoms with van der Waals surface area (Å²) in [6.07, 6.45) is -3.63. The van der Waals surface area contributed by atoms with Gasteiger partial charge >= 0.3 is 12.1 Å². The quantitative estimate of drug-likeness (QED) is 0.713. The topological polar surface area (TPSA) is 71.5 Å². The average Bonchev–Trinajstić information content (AvgIpc) is 2.75. The number of nitrogens with zero attached hydrogens (tertiary/aromatic N) is 2. The number of carbonyl (C=O) groups excluding carboxylic acids is 2. The molecule has 1 aromatic carbocycles. The van der Waals surface area contributed by atoms with Crippen LogP contribution in [0, 0.1) is 12.8 Å². The lowest BCUT2D eigenvalue weighted by molar-refractivity contribution is -0.158. The van der Waals surface area contributed by atoms with Crippen LogP contribution in [0.25, 0.3) is 0 Å². The molecule has 1 amide bonds. The van der Waals surface area contributed by atoms with E-state index in [2.05, 4.69) is 10.3 Å². The van der Waals surface area contributed by atoms with E-state index in [9.17, 15) is 22.8 Å². The van der Waals surface area contributed by atoms with E-state index in [0.29, 0.717) is 37.4 Å². The Kier molecular flexibility index (Phi) is 6.82. The highest BCUT2D eigenvalue weighted by molar-refractivity contribution is 5.95. The van der Waals surface area contributed by atoms with Crippen LogP contribution in [-0.4, -0.2) is 36.1 Å². The van der Waals surface area contributed by atoms with Crippen molar-refractivity contribution in [1.29, 1.82) is 0 Å². The van der Waals surface area contributed by atoms with Gasteiger partial charge in [0.2, 0.25) is 0 Å². The maximum atomic E-state index is 12.7. The standard InChI is InChI=1S/C22H24F3N3O3/c1-14-3-6-18(7-4-14)27-20(29)15(2)31-21(30)16-9-11-28(12-10-16)19-8-5-17(13-26-19)22(23,24)25/h3-8,13,15-16H,9-12H2,1-2H3,(H,27,29). The molecule has 1 unspecified atom stereocenters. The first-order valence-corrected chi connectivity index (χ1v) is 9.99. The number of aryl methyl sites for hydroxylation is 1. The first-order chi connectivity index (χ1) is 14.6. The molecule has 3 rings (SSSR count). The molecule has 1 saturated heterocycles. The summed E-state index contributed by atoms with van der Waals surface area (Å²) in [6, 6.07) is 9.60. The van der Waals surface area contributed by atoms with Gasteiger partial charge in [0.15, 0.2) is 6.10 Å². The number of piperidine rings is 1. The van der Waals surface area contributed by atoms with E-state index < -0.39 is 29.7 Å². The molecule has 9 heteroatoms. The maximum Gasteiger partial charge on any atom is 0.417 e. The van der Waals surface area contributed by atoms with E-state index in [4.69, 9.17) is 4.74 Å². The minimum atomic E-state index is -4.43. The number of amides is 1. The van der Waals surface area contributed by atoms with Crippen molar-refractivity contribution in [2.45, 2.75) is 39.0 Å². The third-order valence-electron chi connectivity index (χ3n) is 5.21. The van der Waals surface area contributed by atoms with Crippen LogP contribution in [0.3, 0.4) is 0 Å². The SMILES string of the molecule is Cc1ccc(NC(=O)C(C)OC(=O)C2CCN(c3ccc(C(F)(F)F)cn3)CC2)cc1. The Morgan fingerprint density at radius 1 is 1.13 bits per heavy atom. The second-order valence-electron chi connectivity index (χ2n) is 7.60. The van der Waals surface area contributed by atoms with Crippen molar-refractivity contribution >= 4 is 23.4 Å². The third kappa shape index (κ3) is 5.96. The summed E-state index contributed by atoms with van der Waals surface area (Å²) in [5, 5.41) is 2.71. The van der Waals surface area contributed by atoms with E-state index >= 15 is 0 Å². The lowest BCUT2D eigenvalue weighted by atomic mass is 9.97. The van der Waals surface area contributed by atoms with E-state index in [1.54, 1.807) is 12.1 Å². The fourth-order valence-corrected chi connectivity index (χ4v) is 3.29. The van der Waals surface area contributed by atoms with Crippen molar-refractivity contribution in [3.63, 3.8) is 0 Å². The molecule has 1 N–H and O–H groups in total. The van der Waals surface area contributed by atoms with Gasteiger partial charge in [-0.1, -0.05) is 17.7 Å². The number of carbonyl (C=O) groups is 2. The van der Waals surface area contributed by atoms with Gasteiger partial charge in [0.25, 0.3) is 5.91 Å². The number of rotatable bonds is 5. The van der Waals surface area contributed by atoms with Crippen LogP contribution in [-0.2, 0) is 20.5 Å². The number of hydrogen-bond donors (Lipinski definition) is 1. The third-order valence-corrected chi connectivity index (χ3v) is 5.21. The molecule has 0 radical (unpaired) electrons. The van der Waals surface area contributed by atoms with E-state index in [0.717, 1.165) is 17.8 Å². The predicted molar refractivity (Wildman–Crippen MR) is 110 cm³/mol. The molecule has 31 heavy (non-hydrogen) atoms. The fourth-order valence-electron chi connectivity index (χ4n) is 3.29. The van der Waals surface area contributed by atoms with Crippen molar-refractivity contribution in [3.8, 4) is 0 Å². The van der Waals surface area contributed by atoms with Crippen LogP contribution in [0.1, 0.15) is 30.9 Å². The molecule has 2 aromatic rings. The molecule has 0 aliphatic carbocycles. The molecule has 0 bridgehead atoms. The highest BCUT2D eigenvalue weighted by Crippen LogP contribution is 2.30. The zero-order valence-electron chi connectivity index (χ0n) is 17.3. The Morgan fingerprint density at radius 3 is 2.32 bits per heavy atom.